The summed E-state index contributed by atoms with van der Waals surface area (Å²) in [6.07, 6.45) is 3.56. The van der Waals surface area contributed by atoms with E-state index in [1.54, 1.807) is 23.0 Å². The molecular weight excluding hydrogens is 364 g/mol. The molecule has 0 spiro atoms. The fraction of sp³-hybridized carbons (Fsp3) is 0.467. The number of hydrogen-bond acceptors (Lipinski definition) is 5. The molecule has 3 rings (SSSR count). The van der Waals surface area contributed by atoms with Crippen molar-refractivity contribution in [3.05, 3.63) is 40.5 Å². The molecule has 1 amide bonds. The van der Waals surface area contributed by atoms with Gasteiger partial charge < -0.3 is 14.5 Å². The van der Waals surface area contributed by atoms with Gasteiger partial charge in [0.1, 0.15) is 5.76 Å². The van der Waals surface area contributed by atoms with Gasteiger partial charge in [-0.2, -0.15) is 5.10 Å². The summed E-state index contributed by atoms with van der Waals surface area (Å²) in [5.74, 6) is 0.832. The monoisotopic (exact) mass is 382 g/mol. The number of morpholine rings is 1. The lowest BCUT2D eigenvalue weighted by Crippen LogP contribution is -2.41. The maximum Gasteiger partial charge on any atom is 0.287 e. The van der Waals surface area contributed by atoms with Crippen molar-refractivity contribution in [1.82, 2.24) is 20.0 Å². The van der Waals surface area contributed by atoms with E-state index in [-0.39, 0.29) is 5.91 Å². The molecule has 0 saturated carbocycles. The fourth-order valence-corrected chi connectivity index (χ4v) is 2.74. The van der Waals surface area contributed by atoms with Crippen molar-refractivity contribution in [3.63, 3.8) is 0 Å². The Morgan fingerprint density at radius 2 is 2.17 bits per heavy atom. The number of nitrogens with one attached hydrogen (secondary N) is 1. The molecule has 8 heteroatoms. The second-order valence-corrected chi connectivity index (χ2v) is 6.25. The Balaban J connectivity index is 1.46. The Kier molecular flexibility index (Phi) is 5.47. The summed E-state index contributed by atoms with van der Waals surface area (Å²) >= 11 is 3.35. The molecule has 7 nitrogen and oxygen atoms in total. The lowest BCUT2D eigenvalue weighted by Gasteiger charge is -2.26. The number of halogens is 1. The summed E-state index contributed by atoms with van der Waals surface area (Å²) in [5.41, 5.74) is 0. The van der Waals surface area contributed by atoms with Crippen molar-refractivity contribution in [2.24, 2.45) is 0 Å². The predicted octanol–water partition coefficient (Wildman–Crippen LogP) is 1.35. The van der Waals surface area contributed by atoms with Crippen molar-refractivity contribution in [2.75, 3.05) is 39.4 Å². The van der Waals surface area contributed by atoms with Crippen LogP contribution in [-0.2, 0) is 11.3 Å². The number of rotatable bonds is 6. The lowest BCUT2D eigenvalue weighted by atomic mass is 10.4. The highest BCUT2D eigenvalue weighted by molar-refractivity contribution is 9.10. The number of carbonyl (C=O) groups excluding carboxylic acids is 1. The van der Waals surface area contributed by atoms with Crippen LogP contribution in [0.4, 0.5) is 0 Å². The normalized spacial score (nSPS) is 15.7. The molecular formula is C15H19BrN4O3. The number of amides is 1. The summed E-state index contributed by atoms with van der Waals surface area (Å²) in [6, 6.07) is 3.49. The molecule has 1 saturated heterocycles. The zero-order valence-electron chi connectivity index (χ0n) is 12.7. The van der Waals surface area contributed by atoms with E-state index >= 15 is 0 Å². The quantitative estimate of drug-likeness (QED) is 0.816. The van der Waals surface area contributed by atoms with Gasteiger partial charge in [0.25, 0.3) is 5.91 Å². The van der Waals surface area contributed by atoms with Gasteiger partial charge >= 0.3 is 0 Å². The molecule has 1 N–H and O–H groups in total. The Bertz CT molecular complexity index is 649. The maximum absolute atomic E-state index is 12.1. The van der Waals surface area contributed by atoms with Gasteiger partial charge in [-0.3, -0.25) is 14.4 Å². The van der Waals surface area contributed by atoms with Crippen LogP contribution in [-0.4, -0.2) is 60.0 Å². The van der Waals surface area contributed by atoms with Gasteiger partial charge in [-0.15, -0.1) is 0 Å². The first kappa shape index (κ1) is 16.2. The second kappa shape index (κ2) is 7.76. The van der Waals surface area contributed by atoms with Crippen LogP contribution in [0.5, 0.6) is 0 Å². The van der Waals surface area contributed by atoms with E-state index in [0.717, 1.165) is 37.3 Å². The molecule has 124 valence electrons. The van der Waals surface area contributed by atoms with Gasteiger partial charge in [0.2, 0.25) is 0 Å². The second-order valence-electron chi connectivity index (χ2n) is 5.33. The smallest absolute Gasteiger partial charge is 0.287 e. The highest BCUT2D eigenvalue weighted by Gasteiger charge is 2.13. The van der Waals surface area contributed by atoms with Crippen molar-refractivity contribution in [2.45, 2.75) is 6.54 Å². The van der Waals surface area contributed by atoms with Crippen LogP contribution in [0, 0.1) is 0 Å². The van der Waals surface area contributed by atoms with Crippen LogP contribution in [0.1, 0.15) is 16.3 Å². The number of nitrogens with zero attached hydrogens (tertiary/aromatic N) is 3. The van der Waals surface area contributed by atoms with Crippen molar-refractivity contribution < 1.29 is 13.9 Å². The van der Waals surface area contributed by atoms with Crippen LogP contribution in [0.15, 0.2) is 33.4 Å². The van der Waals surface area contributed by atoms with Gasteiger partial charge in [-0.1, -0.05) is 0 Å². The Hall–Kier alpha value is -1.64. The molecule has 2 aromatic rings. The van der Waals surface area contributed by atoms with E-state index in [0.29, 0.717) is 24.6 Å². The minimum atomic E-state index is -0.189. The van der Waals surface area contributed by atoms with Crippen LogP contribution in [0.25, 0.3) is 0 Å². The Morgan fingerprint density at radius 3 is 2.91 bits per heavy atom. The molecule has 0 aliphatic carbocycles. The van der Waals surface area contributed by atoms with Crippen molar-refractivity contribution >= 4 is 21.8 Å². The lowest BCUT2D eigenvalue weighted by molar-refractivity contribution is 0.0382. The number of hydrogen-bond donors (Lipinski definition) is 1. The number of aromatic nitrogens is 2. The Morgan fingerprint density at radius 1 is 1.35 bits per heavy atom. The van der Waals surface area contributed by atoms with Gasteiger partial charge in [0.05, 0.1) is 30.4 Å². The Labute approximate surface area is 142 Å². The molecule has 0 bridgehead atoms. The fourth-order valence-electron chi connectivity index (χ4n) is 2.41. The minimum absolute atomic E-state index is 0.189. The molecule has 1 aliphatic heterocycles. The van der Waals surface area contributed by atoms with Crippen LogP contribution < -0.4 is 5.32 Å². The molecule has 0 aromatic carbocycles. The first-order chi connectivity index (χ1) is 11.2. The molecule has 0 radical (unpaired) electrons. The third kappa shape index (κ3) is 4.66. The molecule has 0 unspecified atom stereocenters. The number of carbonyl (C=O) groups is 1. The van der Waals surface area contributed by atoms with E-state index in [1.165, 1.54) is 0 Å². The van der Waals surface area contributed by atoms with Crippen LogP contribution in [0.3, 0.4) is 0 Å². The molecule has 1 aliphatic rings. The molecule has 1 fully saturated rings. The topological polar surface area (TPSA) is 72.5 Å². The van der Waals surface area contributed by atoms with E-state index in [1.807, 2.05) is 6.20 Å². The van der Waals surface area contributed by atoms with E-state index < -0.39 is 0 Å². The van der Waals surface area contributed by atoms with Crippen LogP contribution in [0.2, 0.25) is 0 Å². The van der Waals surface area contributed by atoms with E-state index in [4.69, 9.17) is 9.15 Å². The molecule has 23 heavy (non-hydrogen) atoms. The maximum atomic E-state index is 12.1. The third-order valence-electron chi connectivity index (χ3n) is 3.62. The first-order valence-corrected chi connectivity index (χ1v) is 8.35. The van der Waals surface area contributed by atoms with E-state index in [2.05, 4.69) is 31.2 Å². The highest BCUT2D eigenvalue weighted by atomic mass is 79.9. The van der Waals surface area contributed by atoms with Gasteiger partial charge in [0, 0.05) is 32.4 Å². The molecule has 0 atom stereocenters. The summed E-state index contributed by atoms with van der Waals surface area (Å²) in [5, 5.41) is 7.04. The average Bonchev–Trinajstić information content (AvgIpc) is 3.18. The summed E-state index contributed by atoms with van der Waals surface area (Å²) in [4.78, 5) is 14.3. The zero-order valence-corrected chi connectivity index (χ0v) is 14.3. The van der Waals surface area contributed by atoms with Crippen molar-refractivity contribution in [3.8, 4) is 0 Å². The molecule has 3 heterocycles. The summed E-state index contributed by atoms with van der Waals surface area (Å²) in [6.45, 7) is 5.27. The zero-order chi connectivity index (χ0) is 16.1. The first-order valence-electron chi connectivity index (χ1n) is 7.56. The van der Waals surface area contributed by atoms with Gasteiger partial charge in [-0.05, 0) is 28.1 Å². The average molecular weight is 383 g/mol. The van der Waals surface area contributed by atoms with E-state index in [9.17, 15) is 4.79 Å². The standard InChI is InChI=1S/C15H19BrN4O3/c16-12-9-18-20(10-12)11-13-1-2-14(23-13)15(21)17-3-4-19-5-7-22-8-6-19/h1-2,9-10H,3-8,11H2,(H,17,21). The van der Waals surface area contributed by atoms with Crippen molar-refractivity contribution in [1.29, 1.82) is 0 Å². The van der Waals surface area contributed by atoms with Gasteiger partial charge in [-0.25, -0.2) is 0 Å². The highest BCUT2D eigenvalue weighted by Crippen LogP contribution is 2.12. The van der Waals surface area contributed by atoms with Crippen LogP contribution >= 0.6 is 15.9 Å². The predicted molar refractivity (Wildman–Crippen MR) is 87.3 cm³/mol. The SMILES string of the molecule is O=C(NCCN1CCOCC1)c1ccc(Cn2cc(Br)cn2)o1. The molecule has 2 aromatic heterocycles. The largest absolute Gasteiger partial charge is 0.454 e. The summed E-state index contributed by atoms with van der Waals surface area (Å²) < 4.78 is 13.5. The third-order valence-corrected chi connectivity index (χ3v) is 4.03. The minimum Gasteiger partial charge on any atom is -0.454 e. The van der Waals surface area contributed by atoms with Gasteiger partial charge in [0.15, 0.2) is 5.76 Å². The number of ether oxygens (including phenoxy) is 1. The number of furan rings is 1. The summed E-state index contributed by atoms with van der Waals surface area (Å²) in [7, 11) is 0.